The monoisotopic (exact) mass is 469 g/mol. The van der Waals surface area contributed by atoms with Gasteiger partial charge < -0.3 is 10.6 Å². The van der Waals surface area contributed by atoms with Gasteiger partial charge in [0.1, 0.15) is 17.8 Å². The number of aryl methyl sites for hydroxylation is 1. The van der Waals surface area contributed by atoms with E-state index < -0.39 is 0 Å². The molecule has 0 saturated heterocycles. The Balaban J connectivity index is 1.45. The van der Waals surface area contributed by atoms with E-state index in [1.807, 2.05) is 0 Å². The number of hydrogen-bond donors (Lipinski definition) is 1. The van der Waals surface area contributed by atoms with Crippen LogP contribution < -0.4 is 5.73 Å². The zero-order chi connectivity index (χ0) is 23.4. The van der Waals surface area contributed by atoms with E-state index >= 15 is 0 Å². The topological polar surface area (TPSA) is 85.8 Å². The number of nitrogens with zero attached hydrogens (tertiary/aromatic N) is 6. The second kappa shape index (κ2) is 8.14. The molecule has 1 saturated carbocycles. The normalized spacial score (nSPS) is 18.1. The van der Waals surface area contributed by atoms with Crippen LogP contribution >= 0.6 is 11.3 Å². The highest BCUT2D eigenvalue weighted by molar-refractivity contribution is 7.13. The number of fused-ring (bicyclic) bond motifs is 2. The Morgan fingerprint density at radius 1 is 1.15 bits per heavy atom. The number of rotatable bonds is 5. The van der Waals surface area contributed by atoms with Gasteiger partial charge >= 0.3 is 0 Å². The summed E-state index contributed by atoms with van der Waals surface area (Å²) in [5, 5.41) is 9.10. The van der Waals surface area contributed by atoms with Gasteiger partial charge in [0, 0.05) is 17.5 Å². The molecule has 1 fully saturated rings. The van der Waals surface area contributed by atoms with Gasteiger partial charge in [0.25, 0.3) is 0 Å². The van der Waals surface area contributed by atoms with Gasteiger partial charge in [0.15, 0.2) is 5.65 Å². The van der Waals surface area contributed by atoms with Crippen LogP contribution in [-0.4, -0.2) is 50.3 Å². The predicted molar refractivity (Wildman–Crippen MR) is 139 cm³/mol. The lowest BCUT2D eigenvalue weighted by molar-refractivity contribution is 0.149. The first-order chi connectivity index (χ1) is 16.5. The first-order valence-electron chi connectivity index (χ1n) is 11.6. The van der Waals surface area contributed by atoms with Crippen LogP contribution in [0, 0.1) is 12.8 Å². The molecule has 0 spiro atoms. The van der Waals surface area contributed by atoms with Gasteiger partial charge in [0.05, 0.1) is 27.5 Å². The summed E-state index contributed by atoms with van der Waals surface area (Å²) in [6.45, 7) is 3.24. The number of nitrogens with two attached hydrogens (primary N) is 1. The molecule has 0 aliphatic heterocycles. The first kappa shape index (κ1) is 21.2. The number of anilines is 1. The maximum Gasteiger partial charge on any atom is 0.164 e. The standard InChI is InChI=1S/C26H27N7S/c1-15-9-21(22-5-4-8-34-22)30-20-12-17(6-7-19(15)20)24-23-25(27)28-14-29-26(23)33(31-24)18-10-16(11-18)13-32(2)3/h4-9,12,14,16,18H,10-11,13H2,1-3H3,(H2,27,28,29). The van der Waals surface area contributed by atoms with Crippen LogP contribution in [0.4, 0.5) is 5.82 Å². The van der Waals surface area contributed by atoms with Crippen molar-refractivity contribution in [3.05, 3.63) is 53.7 Å². The minimum Gasteiger partial charge on any atom is -0.383 e. The fourth-order valence-corrected chi connectivity index (χ4v) is 5.80. The molecule has 8 heteroatoms. The molecule has 4 heterocycles. The minimum absolute atomic E-state index is 0.335. The number of nitrogen functional groups attached to an aromatic ring is 1. The molecule has 1 aliphatic rings. The van der Waals surface area contributed by atoms with E-state index in [1.165, 1.54) is 16.8 Å². The zero-order valence-electron chi connectivity index (χ0n) is 19.6. The smallest absolute Gasteiger partial charge is 0.164 e. The molecule has 5 aromatic rings. The Bertz CT molecular complexity index is 1500. The summed E-state index contributed by atoms with van der Waals surface area (Å²) in [4.78, 5) is 17.3. The molecule has 6 rings (SSSR count). The molecule has 2 N–H and O–H groups in total. The van der Waals surface area contributed by atoms with Crippen LogP contribution in [0.5, 0.6) is 0 Å². The Hall–Kier alpha value is -3.36. The minimum atomic E-state index is 0.335. The van der Waals surface area contributed by atoms with Gasteiger partial charge in [-0.15, -0.1) is 11.3 Å². The van der Waals surface area contributed by atoms with Crippen molar-refractivity contribution in [3.63, 3.8) is 0 Å². The Kier molecular flexibility index (Phi) is 5.08. The number of benzene rings is 1. The van der Waals surface area contributed by atoms with E-state index in [9.17, 15) is 0 Å². The quantitative estimate of drug-likeness (QED) is 0.382. The van der Waals surface area contributed by atoms with Gasteiger partial charge in [-0.1, -0.05) is 18.2 Å². The summed E-state index contributed by atoms with van der Waals surface area (Å²) < 4.78 is 2.07. The summed E-state index contributed by atoms with van der Waals surface area (Å²) in [5.41, 5.74) is 12.1. The van der Waals surface area contributed by atoms with Crippen molar-refractivity contribution in [2.75, 3.05) is 26.4 Å². The highest BCUT2D eigenvalue weighted by atomic mass is 32.1. The van der Waals surface area contributed by atoms with Crippen LogP contribution in [0.2, 0.25) is 0 Å². The van der Waals surface area contributed by atoms with Crippen LogP contribution in [0.15, 0.2) is 48.1 Å². The van der Waals surface area contributed by atoms with Crippen molar-refractivity contribution in [3.8, 4) is 21.8 Å². The summed E-state index contributed by atoms with van der Waals surface area (Å²) in [5.74, 6) is 1.15. The number of thiophene rings is 1. The molecule has 34 heavy (non-hydrogen) atoms. The maximum atomic E-state index is 6.36. The lowest BCUT2D eigenvalue weighted by Gasteiger charge is -2.37. The lowest BCUT2D eigenvalue weighted by atomic mass is 9.80. The number of pyridine rings is 1. The van der Waals surface area contributed by atoms with Crippen molar-refractivity contribution in [1.29, 1.82) is 0 Å². The van der Waals surface area contributed by atoms with Crippen LogP contribution in [0.25, 0.3) is 43.8 Å². The molecular formula is C26H27N7S. The first-order valence-corrected chi connectivity index (χ1v) is 12.4. The van der Waals surface area contributed by atoms with Crippen molar-refractivity contribution in [2.45, 2.75) is 25.8 Å². The highest BCUT2D eigenvalue weighted by Gasteiger charge is 2.33. The maximum absolute atomic E-state index is 6.36. The van der Waals surface area contributed by atoms with Crippen LogP contribution in [0.3, 0.4) is 0 Å². The zero-order valence-corrected chi connectivity index (χ0v) is 20.4. The third kappa shape index (κ3) is 3.54. The van der Waals surface area contributed by atoms with Crippen molar-refractivity contribution >= 4 is 39.1 Å². The molecule has 0 atom stereocenters. The molecular weight excluding hydrogens is 442 g/mol. The molecule has 0 unspecified atom stereocenters. The summed E-state index contributed by atoms with van der Waals surface area (Å²) >= 11 is 1.70. The van der Waals surface area contributed by atoms with E-state index in [-0.39, 0.29) is 0 Å². The molecule has 1 aliphatic carbocycles. The van der Waals surface area contributed by atoms with E-state index in [0.29, 0.717) is 17.8 Å². The fraction of sp³-hybridized carbons (Fsp3) is 0.308. The average Bonchev–Trinajstić information content (AvgIpc) is 3.45. The Morgan fingerprint density at radius 2 is 2.00 bits per heavy atom. The number of hydrogen-bond acceptors (Lipinski definition) is 7. The second-order valence-electron chi connectivity index (χ2n) is 9.54. The predicted octanol–water partition coefficient (Wildman–Crippen LogP) is 5.17. The van der Waals surface area contributed by atoms with Gasteiger partial charge in [-0.05, 0) is 68.9 Å². The summed E-state index contributed by atoms with van der Waals surface area (Å²) in [6, 6.07) is 13.0. The van der Waals surface area contributed by atoms with E-state index in [2.05, 4.69) is 82.3 Å². The van der Waals surface area contributed by atoms with Crippen LogP contribution in [0.1, 0.15) is 24.4 Å². The fourth-order valence-electron chi connectivity index (χ4n) is 5.12. The summed E-state index contributed by atoms with van der Waals surface area (Å²) in [7, 11) is 4.25. The summed E-state index contributed by atoms with van der Waals surface area (Å²) in [6.07, 6.45) is 3.73. The largest absolute Gasteiger partial charge is 0.383 e. The van der Waals surface area contributed by atoms with Crippen molar-refractivity contribution in [1.82, 2.24) is 29.6 Å². The highest BCUT2D eigenvalue weighted by Crippen LogP contribution is 2.42. The Morgan fingerprint density at radius 3 is 2.76 bits per heavy atom. The van der Waals surface area contributed by atoms with E-state index in [1.54, 1.807) is 11.3 Å². The molecule has 7 nitrogen and oxygen atoms in total. The van der Waals surface area contributed by atoms with Crippen molar-refractivity contribution in [2.24, 2.45) is 5.92 Å². The average molecular weight is 470 g/mol. The lowest BCUT2D eigenvalue weighted by Crippen LogP contribution is -2.34. The second-order valence-corrected chi connectivity index (χ2v) is 10.5. The van der Waals surface area contributed by atoms with Gasteiger partial charge in [-0.3, -0.25) is 0 Å². The van der Waals surface area contributed by atoms with Crippen molar-refractivity contribution < 1.29 is 0 Å². The molecule has 172 valence electrons. The molecule has 0 radical (unpaired) electrons. The molecule has 0 amide bonds. The molecule has 1 aromatic carbocycles. The van der Waals surface area contributed by atoms with Gasteiger partial charge in [-0.2, -0.15) is 5.10 Å². The van der Waals surface area contributed by atoms with E-state index in [4.69, 9.17) is 15.8 Å². The third-order valence-corrected chi connectivity index (χ3v) is 7.65. The van der Waals surface area contributed by atoms with Gasteiger partial charge in [-0.25, -0.2) is 19.6 Å². The third-order valence-electron chi connectivity index (χ3n) is 6.76. The molecule has 4 aromatic heterocycles. The van der Waals surface area contributed by atoms with Crippen LogP contribution in [-0.2, 0) is 0 Å². The molecule has 0 bridgehead atoms. The van der Waals surface area contributed by atoms with Gasteiger partial charge in [0.2, 0.25) is 0 Å². The Labute approximate surface area is 202 Å². The SMILES string of the molecule is Cc1cc(-c2cccs2)nc2cc(-c3nn(C4CC(CN(C)C)C4)c4ncnc(N)c34)ccc12. The number of aromatic nitrogens is 5. The van der Waals surface area contributed by atoms with E-state index in [0.717, 1.165) is 58.3 Å².